The van der Waals surface area contributed by atoms with E-state index in [1.165, 1.54) is 16.9 Å². The highest BCUT2D eigenvalue weighted by atomic mass is 35.5. The van der Waals surface area contributed by atoms with Crippen molar-refractivity contribution in [3.05, 3.63) is 89.0 Å². The monoisotopic (exact) mass is 484 g/mol. The average molecular weight is 485 g/mol. The first-order chi connectivity index (χ1) is 17.0. The summed E-state index contributed by atoms with van der Waals surface area (Å²) in [5, 5.41) is 17.4. The summed E-state index contributed by atoms with van der Waals surface area (Å²) in [6, 6.07) is 20.4. The molecule has 172 valence electrons. The number of nitrogens with one attached hydrogen (secondary N) is 2. The Morgan fingerprint density at radius 2 is 1.89 bits per heavy atom. The largest absolute Gasteiger partial charge is 0.339 e. The molecule has 2 N–H and O–H groups in total. The van der Waals surface area contributed by atoms with Gasteiger partial charge in [0.1, 0.15) is 23.1 Å². The van der Waals surface area contributed by atoms with E-state index in [9.17, 15) is 4.39 Å². The Kier molecular flexibility index (Phi) is 5.11. The molecule has 8 nitrogen and oxygen atoms in total. The normalized spacial score (nSPS) is 11.4. The number of aromatic amines is 1. The van der Waals surface area contributed by atoms with Crippen LogP contribution >= 0.6 is 11.6 Å². The van der Waals surface area contributed by atoms with Crippen LogP contribution in [0.3, 0.4) is 0 Å². The van der Waals surface area contributed by atoms with Gasteiger partial charge in [-0.05, 0) is 47.2 Å². The van der Waals surface area contributed by atoms with E-state index in [0.717, 1.165) is 27.4 Å². The third-order valence-corrected chi connectivity index (χ3v) is 5.94. The van der Waals surface area contributed by atoms with Crippen LogP contribution in [0.4, 0.5) is 15.9 Å². The Morgan fingerprint density at radius 3 is 2.66 bits per heavy atom. The van der Waals surface area contributed by atoms with E-state index in [-0.39, 0.29) is 5.02 Å². The fourth-order valence-electron chi connectivity index (χ4n) is 4.04. The summed E-state index contributed by atoms with van der Waals surface area (Å²) in [5.74, 6) is 1.26. The molecule has 0 bridgehead atoms. The van der Waals surface area contributed by atoms with Crippen LogP contribution in [-0.2, 0) is 13.5 Å². The number of rotatable bonds is 5. The molecule has 35 heavy (non-hydrogen) atoms. The molecule has 0 radical (unpaired) electrons. The topological polar surface area (TPSA) is 97.2 Å². The van der Waals surface area contributed by atoms with Gasteiger partial charge in [-0.2, -0.15) is 4.80 Å². The van der Waals surface area contributed by atoms with E-state index in [1.54, 1.807) is 13.1 Å². The third kappa shape index (κ3) is 4.06. The van der Waals surface area contributed by atoms with Crippen LogP contribution in [0.1, 0.15) is 11.4 Å². The van der Waals surface area contributed by atoms with Gasteiger partial charge < -0.3 is 10.3 Å². The summed E-state index contributed by atoms with van der Waals surface area (Å²) in [5.41, 5.74) is 4.09. The zero-order valence-corrected chi connectivity index (χ0v) is 19.3. The molecule has 10 heteroatoms. The fraction of sp³-hybridized carbons (Fsp3) is 0.0800. The van der Waals surface area contributed by atoms with Gasteiger partial charge in [-0.25, -0.2) is 14.4 Å². The van der Waals surface area contributed by atoms with Crippen LogP contribution in [0.25, 0.3) is 33.3 Å². The zero-order valence-electron chi connectivity index (χ0n) is 18.5. The van der Waals surface area contributed by atoms with Crippen LogP contribution in [0.15, 0.2) is 66.7 Å². The van der Waals surface area contributed by atoms with Gasteiger partial charge >= 0.3 is 0 Å². The molecule has 0 aliphatic carbocycles. The first-order valence-electron chi connectivity index (χ1n) is 10.9. The summed E-state index contributed by atoms with van der Waals surface area (Å²) in [6.07, 6.45) is 0.555. The molecule has 6 aromatic rings. The number of fused-ring (bicyclic) bond motifs is 3. The van der Waals surface area contributed by atoms with Gasteiger partial charge in [0, 0.05) is 28.6 Å². The summed E-state index contributed by atoms with van der Waals surface area (Å²) in [7, 11) is 1.72. The maximum Gasteiger partial charge on any atom is 0.204 e. The number of halogens is 2. The second-order valence-corrected chi connectivity index (χ2v) is 8.52. The van der Waals surface area contributed by atoms with Gasteiger partial charge in [0.05, 0.1) is 17.5 Å². The average Bonchev–Trinajstić information content (AvgIpc) is 3.45. The van der Waals surface area contributed by atoms with Crippen molar-refractivity contribution in [2.75, 3.05) is 5.32 Å². The standard InChI is InChI=1S/C25H18ClFN8/c1-35-33-23(32-34-35)15-7-10-20-17(12-15)22-24(28-16-8-9-19(27)18(26)13-16)30-21(31-25(22)29-20)11-14-5-3-2-4-6-14/h2-10,12-13H,11H2,1H3,(H2,28,29,30,31). The van der Waals surface area contributed by atoms with E-state index in [1.807, 2.05) is 48.5 Å². The van der Waals surface area contributed by atoms with E-state index < -0.39 is 5.82 Å². The number of hydrogen-bond donors (Lipinski definition) is 2. The molecule has 6 rings (SSSR count). The van der Waals surface area contributed by atoms with Gasteiger partial charge in [0.15, 0.2) is 0 Å². The van der Waals surface area contributed by atoms with Crippen LogP contribution in [0, 0.1) is 5.82 Å². The molecule has 0 amide bonds. The molecule has 0 spiro atoms. The van der Waals surface area contributed by atoms with Crippen LogP contribution in [-0.4, -0.2) is 35.2 Å². The third-order valence-electron chi connectivity index (χ3n) is 5.65. The van der Waals surface area contributed by atoms with Crippen LogP contribution < -0.4 is 5.32 Å². The van der Waals surface area contributed by atoms with Gasteiger partial charge in [-0.1, -0.05) is 41.9 Å². The number of tetrazole rings is 1. The van der Waals surface area contributed by atoms with E-state index >= 15 is 0 Å². The minimum atomic E-state index is -0.483. The summed E-state index contributed by atoms with van der Waals surface area (Å²) >= 11 is 6.03. The van der Waals surface area contributed by atoms with Gasteiger partial charge in [0.25, 0.3) is 0 Å². The fourth-order valence-corrected chi connectivity index (χ4v) is 4.22. The Hall–Kier alpha value is -4.37. The van der Waals surface area contributed by atoms with Crippen molar-refractivity contribution < 1.29 is 4.39 Å². The molecule has 0 saturated carbocycles. The maximum absolute atomic E-state index is 13.8. The molecule has 3 heterocycles. The smallest absolute Gasteiger partial charge is 0.204 e. The van der Waals surface area contributed by atoms with E-state index in [4.69, 9.17) is 21.6 Å². The molecular formula is C25H18ClFN8. The van der Waals surface area contributed by atoms with Gasteiger partial charge in [-0.3, -0.25) is 0 Å². The summed E-state index contributed by atoms with van der Waals surface area (Å²) in [6.45, 7) is 0. The van der Waals surface area contributed by atoms with Crippen LogP contribution in [0.2, 0.25) is 5.02 Å². The van der Waals surface area contributed by atoms with Crippen molar-refractivity contribution in [3.63, 3.8) is 0 Å². The first-order valence-corrected chi connectivity index (χ1v) is 11.2. The lowest BCUT2D eigenvalue weighted by molar-refractivity contribution is 0.628. The van der Waals surface area contributed by atoms with E-state index in [0.29, 0.717) is 35.2 Å². The van der Waals surface area contributed by atoms with Crippen molar-refractivity contribution in [1.82, 2.24) is 35.2 Å². The Balaban J connectivity index is 1.53. The maximum atomic E-state index is 13.8. The lowest BCUT2D eigenvalue weighted by Crippen LogP contribution is -2.02. The van der Waals surface area contributed by atoms with Crippen LogP contribution in [0.5, 0.6) is 0 Å². The predicted octanol–water partition coefficient (Wildman–Crippen LogP) is 5.43. The lowest BCUT2D eigenvalue weighted by atomic mass is 10.1. The minimum absolute atomic E-state index is 0.0275. The summed E-state index contributed by atoms with van der Waals surface area (Å²) < 4.78 is 13.8. The molecular weight excluding hydrogens is 467 g/mol. The second-order valence-electron chi connectivity index (χ2n) is 8.12. The Bertz CT molecular complexity index is 1690. The molecule has 0 unspecified atom stereocenters. The number of hydrogen-bond acceptors (Lipinski definition) is 6. The number of aromatic nitrogens is 7. The molecule has 0 fully saturated rings. The molecule has 0 aliphatic heterocycles. The van der Waals surface area contributed by atoms with Crippen molar-refractivity contribution in [1.29, 1.82) is 0 Å². The van der Waals surface area contributed by atoms with Crippen molar-refractivity contribution in [3.8, 4) is 11.4 Å². The molecule has 0 atom stereocenters. The lowest BCUT2D eigenvalue weighted by Gasteiger charge is -2.10. The number of aryl methyl sites for hydroxylation is 1. The Labute approximate surface area is 203 Å². The number of anilines is 2. The summed E-state index contributed by atoms with van der Waals surface area (Å²) in [4.78, 5) is 14.5. The minimum Gasteiger partial charge on any atom is -0.339 e. The number of H-pyrrole nitrogens is 1. The highest BCUT2D eigenvalue weighted by Gasteiger charge is 2.17. The molecule has 0 aliphatic rings. The predicted molar refractivity (Wildman–Crippen MR) is 133 cm³/mol. The van der Waals surface area contributed by atoms with Crippen molar-refractivity contribution in [2.24, 2.45) is 7.05 Å². The second kappa shape index (κ2) is 8.44. The molecule has 3 aromatic carbocycles. The SMILES string of the molecule is Cn1nnc(-c2ccc3[nH]c4nc(Cc5ccccc5)nc(Nc5ccc(F)c(Cl)c5)c4c3c2)n1. The molecule has 3 aromatic heterocycles. The van der Waals surface area contributed by atoms with Gasteiger partial charge in [0.2, 0.25) is 5.82 Å². The number of benzene rings is 3. The first kappa shape index (κ1) is 21.2. The zero-order chi connectivity index (χ0) is 23.9. The highest BCUT2D eigenvalue weighted by molar-refractivity contribution is 6.31. The van der Waals surface area contributed by atoms with Crippen molar-refractivity contribution >= 4 is 45.0 Å². The highest BCUT2D eigenvalue weighted by Crippen LogP contribution is 2.34. The van der Waals surface area contributed by atoms with Gasteiger partial charge in [-0.15, -0.1) is 10.2 Å². The Morgan fingerprint density at radius 1 is 1.03 bits per heavy atom. The van der Waals surface area contributed by atoms with Crippen molar-refractivity contribution in [2.45, 2.75) is 6.42 Å². The quantitative estimate of drug-likeness (QED) is 0.338. The number of nitrogens with zero attached hydrogens (tertiary/aromatic N) is 6. The van der Waals surface area contributed by atoms with E-state index in [2.05, 4.69) is 25.7 Å². The molecule has 0 saturated heterocycles.